The van der Waals surface area contributed by atoms with Gasteiger partial charge in [0.25, 0.3) is 0 Å². The fourth-order valence-corrected chi connectivity index (χ4v) is 4.40. The van der Waals surface area contributed by atoms with Crippen LogP contribution in [0.4, 0.5) is 11.4 Å². The summed E-state index contributed by atoms with van der Waals surface area (Å²) in [6.45, 7) is 6.22. The summed E-state index contributed by atoms with van der Waals surface area (Å²) in [7, 11) is -3.91. The molecule has 23 heavy (non-hydrogen) atoms. The summed E-state index contributed by atoms with van der Waals surface area (Å²) in [5.74, 6) is -0.251. The van der Waals surface area contributed by atoms with E-state index in [1.807, 2.05) is 0 Å². The Morgan fingerprint density at radius 3 is 1.39 bits per heavy atom. The van der Waals surface area contributed by atoms with Gasteiger partial charge in [-0.3, -0.25) is 0 Å². The molecule has 0 aliphatic rings. The van der Waals surface area contributed by atoms with Crippen molar-refractivity contribution in [1.29, 1.82) is 0 Å². The van der Waals surface area contributed by atoms with Crippen LogP contribution in [0.15, 0.2) is 21.9 Å². The zero-order chi connectivity index (χ0) is 17.7. The maximum absolute atomic E-state index is 13.0. The Bertz CT molecular complexity index is 849. The van der Waals surface area contributed by atoms with E-state index in [4.69, 9.17) is 11.5 Å². The highest BCUT2D eigenvalue weighted by Gasteiger charge is 2.27. The molecule has 0 spiro atoms. The first-order chi connectivity index (χ1) is 10.5. The molecule has 0 fully saturated rings. The highest BCUT2D eigenvalue weighted by atomic mass is 32.2. The second-order valence-corrected chi connectivity index (χ2v) is 7.55. The predicted octanol–water partition coefficient (Wildman–Crippen LogP) is 2.33. The molecule has 0 aliphatic heterocycles. The lowest BCUT2D eigenvalue weighted by molar-refractivity contribution is 0.472. The average Bonchev–Trinajstić information content (AvgIpc) is 2.49. The van der Waals surface area contributed by atoms with Crippen molar-refractivity contribution in [1.82, 2.24) is 0 Å². The first kappa shape index (κ1) is 17.0. The van der Waals surface area contributed by atoms with E-state index in [2.05, 4.69) is 0 Å². The van der Waals surface area contributed by atoms with Crippen LogP contribution < -0.4 is 11.5 Å². The number of sulfone groups is 1. The summed E-state index contributed by atoms with van der Waals surface area (Å²) in [6.07, 6.45) is 0. The van der Waals surface area contributed by atoms with E-state index in [1.54, 1.807) is 13.8 Å². The van der Waals surface area contributed by atoms with Crippen LogP contribution in [-0.2, 0) is 9.84 Å². The number of phenolic OH excluding ortho intramolecular Hbond substituents is 2. The number of aromatic hydroxyl groups is 2. The van der Waals surface area contributed by atoms with Crippen LogP contribution in [0.1, 0.15) is 22.3 Å². The summed E-state index contributed by atoms with van der Waals surface area (Å²) in [5, 5.41) is 19.7. The minimum Gasteiger partial charge on any atom is -0.506 e. The zero-order valence-corrected chi connectivity index (χ0v) is 14.2. The predicted molar refractivity (Wildman–Crippen MR) is 89.4 cm³/mol. The number of rotatable bonds is 2. The van der Waals surface area contributed by atoms with Gasteiger partial charge in [0.2, 0.25) is 9.84 Å². The van der Waals surface area contributed by atoms with E-state index in [-0.39, 0.29) is 43.8 Å². The highest BCUT2D eigenvalue weighted by molar-refractivity contribution is 7.91. The topological polar surface area (TPSA) is 127 Å². The van der Waals surface area contributed by atoms with Gasteiger partial charge in [-0.25, -0.2) is 8.42 Å². The number of nitrogen functional groups attached to an aromatic ring is 2. The molecule has 0 radical (unpaired) electrons. The second kappa shape index (κ2) is 5.34. The average molecular weight is 336 g/mol. The Balaban J connectivity index is 2.85. The number of aryl methyl sites for hydroxylation is 2. The molecule has 0 saturated carbocycles. The molecule has 0 bridgehead atoms. The normalized spacial score (nSPS) is 11.7. The van der Waals surface area contributed by atoms with Crippen molar-refractivity contribution in [3.05, 3.63) is 34.4 Å². The molecule has 0 atom stereocenters. The van der Waals surface area contributed by atoms with Crippen LogP contribution in [0.25, 0.3) is 0 Å². The third-order valence-electron chi connectivity index (χ3n) is 4.08. The van der Waals surface area contributed by atoms with Gasteiger partial charge in [-0.15, -0.1) is 0 Å². The van der Waals surface area contributed by atoms with Crippen molar-refractivity contribution in [2.24, 2.45) is 0 Å². The molecule has 124 valence electrons. The molecular formula is C16H20N2O4S. The third kappa shape index (κ3) is 2.46. The molecule has 2 aromatic rings. The van der Waals surface area contributed by atoms with E-state index in [1.165, 1.54) is 26.0 Å². The number of hydrogen-bond acceptors (Lipinski definition) is 6. The minimum absolute atomic E-state index is 0.0119. The molecule has 7 heteroatoms. The molecule has 0 aliphatic carbocycles. The lowest BCUT2D eigenvalue weighted by Gasteiger charge is -2.16. The van der Waals surface area contributed by atoms with Gasteiger partial charge >= 0.3 is 0 Å². The Kier molecular flexibility index (Phi) is 3.94. The summed E-state index contributed by atoms with van der Waals surface area (Å²) in [4.78, 5) is 0.0239. The van der Waals surface area contributed by atoms with Gasteiger partial charge in [0.05, 0.1) is 21.2 Å². The number of anilines is 2. The van der Waals surface area contributed by atoms with Crippen LogP contribution in [0.2, 0.25) is 0 Å². The summed E-state index contributed by atoms with van der Waals surface area (Å²) in [5.41, 5.74) is 13.0. The molecule has 0 aromatic heterocycles. The molecular weight excluding hydrogens is 316 g/mol. The maximum atomic E-state index is 13.0. The monoisotopic (exact) mass is 336 g/mol. The highest BCUT2D eigenvalue weighted by Crippen LogP contribution is 2.39. The van der Waals surface area contributed by atoms with Gasteiger partial charge in [-0.1, -0.05) is 0 Å². The first-order valence-electron chi connectivity index (χ1n) is 6.92. The molecule has 0 heterocycles. The lowest BCUT2D eigenvalue weighted by atomic mass is 10.1. The Labute approximate surface area is 135 Å². The summed E-state index contributed by atoms with van der Waals surface area (Å²) >= 11 is 0. The van der Waals surface area contributed by atoms with E-state index >= 15 is 0 Å². The largest absolute Gasteiger partial charge is 0.506 e. The number of hydrogen-bond donors (Lipinski definition) is 4. The van der Waals surface area contributed by atoms with Crippen molar-refractivity contribution in [3.8, 4) is 11.5 Å². The van der Waals surface area contributed by atoms with Crippen LogP contribution in [0, 0.1) is 27.7 Å². The molecule has 6 nitrogen and oxygen atoms in total. The molecule has 2 aromatic carbocycles. The molecule has 0 saturated heterocycles. The van der Waals surface area contributed by atoms with Gasteiger partial charge in [0.1, 0.15) is 11.5 Å². The van der Waals surface area contributed by atoms with E-state index in [0.29, 0.717) is 11.1 Å². The van der Waals surface area contributed by atoms with Crippen molar-refractivity contribution in [2.75, 3.05) is 11.5 Å². The SMILES string of the molecule is Cc1cc(S(=O)(=O)c2cc(C)c(O)c(N)c2C)c(C)c(N)c1O. The molecule has 6 N–H and O–H groups in total. The van der Waals surface area contributed by atoms with Crippen molar-refractivity contribution in [3.63, 3.8) is 0 Å². The third-order valence-corrected chi connectivity index (χ3v) is 6.08. The summed E-state index contributed by atoms with van der Waals surface area (Å²) < 4.78 is 26.1. The quantitative estimate of drug-likeness (QED) is 0.492. The van der Waals surface area contributed by atoms with Crippen molar-refractivity contribution in [2.45, 2.75) is 37.5 Å². The lowest BCUT2D eigenvalue weighted by Crippen LogP contribution is -2.10. The van der Waals surface area contributed by atoms with Crippen molar-refractivity contribution >= 4 is 21.2 Å². The smallest absolute Gasteiger partial charge is 0.207 e. The standard InChI is InChI=1S/C16H20N2O4S/c1-7-5-11(9(3)13(17)15(7)19)23(21,22)12-6-8(2)16(20)14(18)10(12)4/h5-6,19-20H,17-18H2,1-4H3. The zero-order valence-electron chi connectivity index (χ0n) is 13.4. The number of nitrogens with two attached hydrogens (primary N) is 2. The number of benzene rings is 2. The Morgan fingerprint density at radius 2 is 1.09 bits per heavy atom. The van der Waals surface area contributed by atoms with Crippen LogP contribution >= 0.6 is 0 Å². The van der Waals surface area contributed by atoms with Gasteiger partial charge in [-0.2, -0.15) is 0 Å². The van der Waals surface area contributed by atoms with Crippen LogP contribution in [-0.4, -0.2) is 18.6 Å². The van der Waals surface area contributed by atoms with Gasteiger partial charge in [0, 0.05) is 0 Å². The maximum Gasteiger partial charge on any atom is 0.207 e. The Hall–Kier alpha value is -2.41. The first-order valence-corrected chi connectivity index (χ1v) is 8.40. The molecule has 0 amide bonds. The van der Waals surface area contributed by atoms with Crippen LogP contribution in [0.3, 0.4) is 0 Å². The molecule has 0 unspecified atom stereocenters. The fraction of sp³-hybridized carbons (Fsp3) is 0.250. The van der Waals surface area contributed by atoms with E-state index in [0.717, 1.165) is 0 Å². The van der Waals surface area contributed by atoms with Crippen LogP contribution in [0.5, 0.6) is 11.5 Å². The Morgan fingerprint density at radius 1 is 0.783 bits per heavy atom. The van der Waals surface area contributed by atoms with Gasteiger partial charge in [0.15, 0.2) is 0 Å². The fourth-order valence-electron chi connectivity index (χ4n) is 2.47. The van der Waals surface area contributed by atoms with E-state index < -0.39 is 9.84 Å². The van der Waals surface area contributed by atoms with Gasteiger partial charge in [-0.05, 0) is 62.1 Å². The van der Waals surface area contributed by atoms with Gasteiger partial charge < -0.3 is 21.7 Å². The summed E-state index contributed by atoms with van der Waals surface area (Å²) in [6, 6.07) is 2.77. The minimum atomic E-state index is -3.91. The van der Waals surface area contributed by atoms with Crippen molar-refractivity contribution < 1.29 is 18.6 Å². The van der Waals surface area contributed by atoms with E-state index in [9.17, 15) is 18.6 Å². The molecule has 2 rings (SSSR count). The second-order valence-electron chi connectivity index (χ2n) is 5.66. The number of phenols is 2.